The summed E-state index contributed by atoms with van der Waals surface area (Å²) in [5.41, 5.74) is 3.49. The normalized spacial score (nSPS) is 22.5. The number of ether oxygens (including phenoxy) is 3. The predicted molar refractivity (Wildman–Crippen MR) is 123 cm³/mol. The smallest absolute Gasteiger partial charge is 0.387 e. The van der Waals surface area contributed by atoms with Crippen LogP contribution < -0.4 is 24.8 Å². The van der Waals surface area contributed by atoms with Crippen molar-refractivity contribution >= 4 is 29.9 Å². The van der Waals surface area contributed by atoms with Crippen LogP contribution in [0, 0.1) is 11.8 Å². The van der Waals surface area contributed by atoms with Gasteiger partial charge in [-0.2, -0.15) is 8.78 Å². The van der Waals surface area contributed by atoms with E-state index in [0.717, 1.165) is 13.0 Å². The molecule has 0 spiro atoms. The Morgan fingerprint density at radius 3 is 2.74 bits per heavy atom. The van der Waals surface area contributed by atoms with Crippen molar-refractivity contribution in [1.29, 1.82) is 0 Å². The number of hydrogen-bond donors (Lipinski definition) is 2. The maximum atomic E-state index is 12.8. The molecule has 0 bridgehead atoms. The maximum Gasteiger partial charge on any atom is 0.387 e. The van der Waals surface area contributed by atoms with Gasteiger partial charge in [-0.15, -0.1) is 24.0 Å². The highest BCUT2D eigenvalue weighted by atomic mass is 127. The molecule has 0 aromatic heterocycles. The van der Waals surface area contributed by atoms with E-state index < -0.39 is 6.61 Å². The van der Waals surface area contributed by atoms with Crippen molar-refractivity contribution in [2.24, 2.45) is 16.8 Å². The maximum absolute atomic E-state index is 12.8. The SMILES string of the molecule is CN=C(NCc1cc2c(cc1OC(F)F)OCO2)NCC1C2Cc3ccccc3C12.I. The van der Waals surface area contributed by atoms with E-state index in [9.17, 15) is 8.78 Å². The van der Waals surface area contributed by atoms with Crippen LogP contribution in [-0.4, -0.2) is 33.0 Å². The van der Waals surface area contributed by atoms with Gasteiger partial charge in [0.1, 0.15) is 5.75 Å². The summed E-state index contributed by atoms with van der Waals surface area (Å²) >= 11 is 0. The number of alkyl halides is 2. The molecule has 1 aliphatic heterocycles. The summed E-state index contributed by atoms with van der Waals surface area (Å²) in [6.07, 6.45) is 1.14. The van der Waals surface area contributed by atoms with Crippen LogP contribution >= 0.6 is 24.0 Å². The first kappa shape index (κ1) is 21.9. The second-order valence-corrected chi connectivity index (χ2v) is 7.75. The first-order valence-electron chi connectivity index (χ1n) is 10.0. The fourth-order valence-electron chi connectivity index (χ4n) is 4.69. The van der Waals surface area contributed by atoms with E-state index in [-0.39, 0.29) is 43.1 Å². The molecule has 2 aromatic rings. The average Bonchev–Trinajstić information content (AvgIpc) is 3.06. The number of aliphatic imine (C=N–C) groups is 1. The molecule has 2 aliphatic carbocycles. The molecule has 9 heteroatoms. The molecule has 3 aliphatic rings. The van der Waals surface area contributed by atoms with Crippen LogP contribution in [0.5, 0.6) is 17.2 Å². The van der Waals surface area contributed by atoms with Crippen molar-refractivity contribution in [3.8, 4) is 17.2 Å². The molecule has 0 saturated heterocycles. The Morgan fingerprint density at radius 1 is 1.19 bits per heavy atom. The van der Waals surface area contributed by atoms with E-state index in [4.69, 9.17) is 9.47 Å². The van der Waals surface area contributed by atoms with Crippen molar-refractivity contribution < 1.29 is 23.0 Å². The van der Waals surface area contributed by atoms with Gasteiger partial charge in [0.15, 0.2) is 17.5 Å². The number of nitrogens with one attached hydrogen (secondary N) is 2. The van der Waals surface area contributed by atoms with E-state index in [2.05, 4.69) is 44.6 Å². The molecule has 0 radical (unpaired) electrons. The van der Waals surface area contributed by atoms with Gasteiger partial charge in [-0.25, -0.2) is 0 Å². The summed E-state index contributed by atoms with van der Waals surface area (Å²) in [6, 6.07) is 11.8. The van der Waals surface area contributed by atoms with E-state index >= 15 is 0 Å². The lowest BCUT2D eigenvalue weighted by Crippen LogP contribution is -2.38. The lowest BCUT2D eigenvalue weighted by molar-refractivity contribution is -0.0505. The van der Waals surface area contributed by atoms with Gasteiger partial charge in [-0.05, 0) is 41.4 Å². The highest BCUT2D eigenvalue weighted by Gasteiger charge is 2.54. The number of nitrogens with zero attached hydrogens (tertiary/aromatic N) is 1. The summed E-state index contributed by atoms with van der Waals surface area (Å²) in [5.74, 6) is 3.53. The van der Waals surface area contributed by atoms with E-state index in [1.54, 1.807) is 13.1 Å². The molecule has 31 heavy (non-hydrogen) atoms. The van der Waals surface area contributed by atoms with Gasteiger partial charge in [-0.1, -0.05) is 24.3 Å². The molecule has 166 valence electrons. The molecule has 6 nitrogen and oxygen atoms in total. The monoisotopic (exact) mass is 543 g/mol. The Hall–Kier alpha value is -2.30. The largest absolute Gasteiger partial charge is 0.454 e. The molecule has 1 fully saturated rings. The third kappa shape index (κ3) is 4.37. The summed E-state index contributed by atoms with van der Waals surface area (Å²) in [7, 11) is 1.69. The van der Waals surface area contributed by atoms with E-state index in [1.165, 1.54) is 17.2 Å². The molecule has 3 unspecified atom stereocenters. The van der Waals surface area contributed by atoms with Crippen LogP contribution in [0.2, 0.25) is 0 Å². The number of hydrogen-bond acceptors (Lipinski definition) is 4. The highest BCUT2D eigenvalue weighted by molar-refractivity contribution is 14.0. The minimum Gasteiger partial charge on any atom is -0.454 e. The number of fused-ring (bicyclic) bond motifs is 4. The summed E-state index contributed by atoms with van der Waals surface area (Å²) in [5, 5.41) is 6.54. The molecule has 2 N–H and O–H groups in total. The number of rotatable bonds is 6. The Balaban J connectivity index is 0.00000231. The molecule has 1 heterocycles. The van der Waals surface area contributed by atoms with Crippen molar-refractivity contribution in [1.82, 2.24) is 10.6 Å². The average molecular weight is 543 g/mol. The minimum absolute atomic E-state index is 0. The highest BCUT2D eigenvalue weighted by Crippen LogP contribution is 2.60. The number of halogens is 3. The lowest BCUT2D eigenvalue weighted by atomic mass is 10.0. The molecule has 0 amide bonds. The Morgan fingerprint density at radius 2 is 1.97 bits per heavy atom. The second-order valence-electron chi connectivity index (χ2n) is 7.75. The quantitative estimate of drug-likeness (QED) is 0.329. The van der Waals surface area contributed by atoms with Crippen LogP contribution in [0.25, 0.3) is 0 Å². The summed E-state index contributed by atoms with van der Waals surface area (Å²) in [4.78, 5) is 4.25. The molecular formula is C22H24F2IN3O3. The van der Waals surface area contributed by atoms with Crippen molar-refractivity contribution in [2.45, 2.75) is 25.5 Å². The van der Waals surface area contributed by atoms with Gasteiger partial charge in [0, 0.05) is 31.8 Å². The third-order valence-corrected chi connectivity index (χ3v) is 6.15. The minimum atomic E-state index is -2.92. The van der Waals surface area contributed by atoms with Gasteiger partial charge in [0.25, 0.3) is 0 Å². The van der Waals surface area contributed by atoms with Gasteiger partial charge in [0.05, 0.1) is 0 Å². The third-order valence-electron chi connectivity index (χ3n) is 6.15. The fourth-order valence-corrected chi connectivity index (χ4v) is 4.69. The topological polar surface area (TPSA) is 64.1 Å². The summed E-state index contributed by atoms with van der Waals surface area (Å²) < 4.78 is 40.9. The van der Waals surface area contributed by atoms with Crippen molar-refractivity contribution in [3.63, 3.8) is 0 Å². The van der Waals surface area contributed by atoms with E-state index in [1.807, 2.05) is 0 Å². The molecule has 5 rings (SSSR count). The molecule has 1 saturated carbocycles. The van der Waals surface area contributed by atoms with Crippen molar-refractivity contribution in [3.05, 3.63) is 53.1 Å². The Bertz CT molecular complexity index is 988. The first-order chi connectivity index (χ1) is 14.6. The summed E-state index contributed by atoms with van der Waals surface area (Å²) in [6.45, 7) is -1.77. The van der Waals surface area contributed by atoms with Gasteiger partial charge in [-0.3, -0.25) is 4.99 Å². The van der Waals surface area contributed by atoms with E-state index in [0.29, 0.717) is 40.8 Å². The molecule has 3 atom stereocenters. The molecular weight excluding hydrogens is 519 g/mol. The number of benzene rings is 2. The second kappa shape index (κ2) is 9.05. The first-order valence-corrected chi connectivity index (χ1v) is 10.0. The number of guanidine groups is 1. The fraction of sp³-hybridized carbons (Fsp3) is 0.409. The zero-order valence-electron chi connectivity index (χ0n) is 16.9. The Labute approximate surface area is 196 Å². The Kier molecular flexibility index (Phi) is 6.40. The van der Waals surface area contributed by atoms with Crippen molar-refractivity contribution in [2.75, 3.05) is 20.4 Å². The predicted octanol–water partition coefficient (Wildman–Crippen LogP) is 3.89. The van der Waals surface area contributed by atoms with Gasteiger partial charge >= 0.3 is 6.61 Å². The van der Waals surface area contributed by atoms with Crippen LogP contribution in [0.1, 0.15) is 22.6 Å². The standard InChI is InChI=1S/C22H23F2N3O3.HI/c1-25-22(27-10-16-15-6-12-4-2-3-5-14(12)20(15)16)26-9-13-7-18-19(29-11-28-18)8-17(13)30-21(23)24;/h2-5,7-8,15-16,20-21H,6,9-11H2,1H3,(H2,25,26,27);1H. The zero-order chi connectivity index (χ0) is 20.7. The van der Waals surface area contributed by atoms with Crippen LogP contribution in [-0.2, 0) is 13.0 Å². The van der Waals surface area contributed by atoms with Crippen LogP contribution in [0.3, 0.4) is 0 Å². The lowest BCUT2D eigenvalue weighted by Gasteiger charge is -2.16. The van der Waals surface area contributed by atoms with Gasteiger partial charge < -0.3 is 24.8 Å². The van der Waals surface area contributed by atoms with Crippen LogP contribution in [0.4, 0.5) is 8.78 Å². The van der Waals surface area contributed by atoms with Crippen LogP contribution in [0.15, 0.2) is 41.4 Å². The zero-order valence-corrected chi connectivity index (χ0v) is 19.3. The van der Waals surface area contributed by atoms with Gasteiger partial charge in [0.2, 0.25) is 6.79 Å². The molecule has 2 aromatic carbocycles.